The molecule has 1 unspecified atom stereocenters. The molecule has 1 saturated carbocycles. The summed E-state index contributed by atoms with van der Waals surface area (Å²) in [5.41, 5.74) is 0. The highest BCUT2D eigenvalue weighted by Gasteiger charge is 2.27. The van der Waals surface area contributed by atoms with Gasteiger partial charge >= 0.3 is 6.09 Å². The van der Waals surface area contributed by atoms with Crippen molar-refractivity contribution in [1.82, 2.24) is 0 Å². The number of alkyl carbamates (subject to hydrolysis) is 2. The average molecular weight is 172 g/mol. The molecule has 0 bridgehead atoms. The lowest BCUT2D eigenvalue weighted by Gasteiger charge is -2.24. The smallest absolute Gasteiger partial charge is 0.423 e. The minimum atomic E-state index is -0.123. The quantitative estimate of drug-likeness (QED) is 0.628. The lowest BCUT2D eigenvalue weighted by molar-refractivity contribution is -0.832. The number of ether oxygens (including phenoxy) is 1. The van der Waals surface area contributed by atoms with Crippen LogP contribution in [0.3, 0.4) is 0 Å². The summed E-state index contributed by atoms with van der Waals surface area (Å²) in [5.74, 6) is 0. The van der Waals surface area contributed by atoms with Gasteiger partial charge in [0.05, 0.1) is 20.2 Å². The van der Waals surface area contributed by atoms with Crippen molar-refractivity contribution in [3.63, 3.8) is 0 Å². The average Bonchev–Trinajstić information content (AvgIpc) is 2.17. The lowest BCUT2D eigenvalue weighted by atomic mass is 9.95. The van der Waals surface area contributed by atoms with Crippen LogP contribution in [-0.4, -0.2) is 26.3 Å². The first-order valence-corrected chi connectivity index (χ1v) is 4.67. The summed E-state index contributed by atoms with van der Waals surface area (Å²) in [7, 11) is 3.36. The number of quaternary nitrogens is 1. The lowest BCUT2D eigenvalue weighted by Crippen LogP contribution is -3.15. The highest BCUT2D eigenvalue weighted by Crippen LogP contribution is 2.15. The predicted molar refractivity (Wildman–Crippen MR) is 46.2 cm³/mol. The van der Waals surface area contributed by atoms with Gasteiger partial charge in [-0.3, -0.25) is 0 Å². The molecule has 1 N–H and O–H groups in total. The molecular weight excluding hydrogens is 154 g/mol. The maximum atomic E-state index is 11.2. The van der Waals surface area contributed by atoms with Gasteiger partial charge in [-0.15, -0.1) is 0 Å². The molecule has 0 spiro atoms. The Morgan fingerprint density at radius 1 is 1.33 bits per heavy atom. The Kier molecular flexibility index (Phi) is 3.53. The first kappa shape index (κ1) is 9.52. The van der Waals surface area contributed by atoms with Crippen molar-refractivity contribution in [2.45, 2.75) is 38.1 Å². The number of methoxy groups -OCH3 is 1. The molecule has 0 aromatic carbocycles. The zero-order valence-corrected chi connectivity index (χ0v) is 7.93. The molecule has 12 heavy (non-hydrogen) atoms. The molecule has 0 saturated heterocycles. The highest BCUT2D eigenvalue weighted by atomic mass is 16.5. The van der Waals surface area contributed by atoms with Gasteiger partial charge in [-0.2, -0.15) is 4.79 Å². The molecule has 70 valence electrons. The van der Waals surface area contributed by atoms with Crippen molar-refractivity contribution in [1.29, 1.82) is 0 Å². The van der Waals surface area contributed by atoms with E-state index in [0.29, 0.717) is 6.04 Å². The van der Waals surface area contributed by atoms with Gasteiger partial charge in [-0.25, -0.2) is 4.90 Å². The minimum Gasteiger partial charge on any atom is -0.423 e. The molecule has 1 fully saturated rings. The molecule has 3 nitrogen and oxygen atoms in total. The molecule has 1 atom stereocenters. The molecule has 1 amide bonds. The highest BCUT2D eigenvalue weighted by molar-refractivity contribution is 5.56. The van der Waals surface area contributed by atoms with Crippen LogP contribution < -0.4 is 4.90 Å². The van der Waals surface area contributed by atoms with Gasteiger partial charge < -0.3 is 4.74 Å². The van der Waals surface area contributed by atoms with Crippen molar-refractivity contribution < 1.29 is 14.4 Å². The van der Waals surface area contributed by atoms with Crippen molar-refractivity contribution in [2.75, 3.05) is 14.2 Å². The van der Waals surface area contributed by atoms with Crippen LogP contribution >= 0.6 is 0 Å². The summed E-state index contributed by atoms with van der Waals surface area (Å²) in [6.45, 7) is 0. The zero-order valence-electron chi connectivity index (χ0n) is 7.93. The Bertz CT molecular complexity index is 153. The summed E-state index contributed by atoms with van der Waals surface area (Å²) >= 11 is 0. The van der Waals surface area contributed by atoms with Crippen molar-refractivity contribution in [3.05, 3.63) is 0 Å². The molecule has 0 aromatic rings. The molecule has 1 rings (SSSR count). The maximum Gasteiger partial charge on any atom is 0.514 e. The Morgan fingerprint density at radius 2 is 1.92 bits per heavy atom. The van der Waals surface area contributed by atoms with Crippen LogP contribution in [0.25, 0.3) is 0 Å². The Labute approximate surface area is 73.7 Å². The normalized spacial score (nSPS) is 21.8. The van der Waals surface area contributed by atoms with Gasteiger partial charge in [0.2, 0.25) is 0 Å². The molecule has 1 aliphatic carbocycles. The Hall–Kier alpha value is -0.570. The van der Waals surface area contributed by atoms with Crippen LogP contribution in [0.5, 0.6) is 0 Å². The van der Waals surface area contributed by atoms with E-state index in [1.54, 1.807) is 0 Å². The van der Waals surface area contributed by atoms with E-state index in [0.717, 1.165) is 4.90 Å². The van der Waals surface area contributed by atoms with E-state index in [4.69, 9.17) is 0 Å². The van der Waals surface area contributed by atoms with Gasteiger partial charge in [0, 0.05) is 0 Å². The fourth-order valence-electron chi connectivity index (χ4n) is 1.86. The summed E-state index contributed by atoms with van der Waals surface area (Å²) in [6.07, 6.45) is 6.06. The number of rotatable bonds is 1. The van der Waals surface area contributed by atoms with E-state index < -0.39 is 0 Å². The number of amides is 1. The largest absolute Gasteiger partial charge is 0.514 e. The predicted octanol–water partition coefficient (Wildman–Crippen LogP) is 0.600. The van der Waals surface area contributed by atoms with Gasteiger partial charge in [0.15, 0.2) is 0 Å². The van der Waals surface area contributed by atoms with Gasteiger partial charge in [0.1, 0.15) is 0 Å². The third-order valence-electron chi connectivity index (χ3n) is 2.72. The molecule has 0 heterocycles. The van der Waals surface area contributed by atoms with Crippen molar-refractivity contribution in [3.8, 4) is 0 Å². The van der Waals surface area contributed by atoms with Crippen molar-refractivity contribution >= 4 is 6.09 Å². The van der Waals surface area contributed by atoms with E-state index in [1.807, 2.05) is 7.05 Å². The van der Waals surface area contributed by atoms with E-state index in [1.165, 1.54) is 39.2 Å². The molecule has 1 aliphatic rings. The van der Waals surface area contributed by atoms with E-state index in [2.05, 4.69) is 4.74 Å². The zero-order chi connectivity index (χ0) is 8.97. The second-order valence-corrected chi connectivity index (χ2v) is 3.51. The fourth-order valence-corrected chi connectivity index (χ4v) is 1.86. The third kappa shape index (κ3) is 2.21. The summed E-state index contributed by atoms with van der Waals surface area (Å²) in [5, 5.41) is 0. The van der Waals surface area contributed by atoms with Crippen LogP contribution in [0.1, 0.15) is 32.1 Å². The van der Waals surface area contributed by atoms with Crippen LogP contribution in [0, 0.1) is 0 Å². The van der Waals surface area contributed by atoms with Crippen molar-refractivity contribution in [2.24, 2.45) is 0 Å². The molecule has 3 heteroatoms. The second-order valence-electron chi connectivity index (χ2n) is 3.51. The third-order valence-corrected chi connectivity index (χ3v) is 2.72. The van der Waals surface area contributed by atoms with Crippen LogP contribution in [0.4, 0.5) is 4.79 Å². The standard InChI is InChI=1S/C9H17NO2/c1-10(9(11)12-2)8-6-4-3-5-7-8/h8H,3-7H2,1-2H3/p+1. The maximum absolute atomic E-state index is 11.2. The summed E-state index contributed by atoms with van der Waals surface area (Å²) in [4.78, 5) is 12.1. The van der Waals surface area contributed by atoms with E-state index >= 15 is 0 Å². The number of carbonyl (C=O) groups is 1. The van der Waals surface area contributed by atoms with E-state index in [-0.39, 0.29) is 6.09 Å². The fraction of sp³-hybridized carbons (Fsp3) is 0.889. The molecule has 0 aliphatic heterocycles. The summed E-state index contributed by atoms with van der Waals surface area (Å²) < 4.78 is 4.69. The SMILES string of the molecule is COC(=O)[NH+](C)C1CCCCC1. The van der Waals surface area contributed by atoms with Gasteiger partial charge in [-0.05, 0) is 25.7 Å². The number of hydrogen-bond donors (Lipinski definition) is 1. The topological polar surface area (TPSA) is 30.7 Å². The number of hydrogen-bond acceptors (Lipinski definition) is 2. The summed E-state index contributed by atoms with van der Waals surface area (Å²) in [6, 6.07) is 0.492. The van der Waals surface area contributed by atoms with Crippen LogP contribution in [0.15, 0.2) is 0 Å². The van der Waals surface area contributed by atoms with Crippen LogP contribution in [-0.2, 0) is 4.74 Å². The van der Waals surface area contributed by atoms with Crippen LogP contribution in [0.2, 0.25) is 0 Å². The Morgan fingerprint density at radius 3 is 2.42 bits per heavy atom. The first-order chi connectivity index (χ1) is 5.75. The first-order valence-electron chi connectivity index (χ1n) is 4.67. The van der Waals surface area contributed by atoms with Gasteiger partial charge in [-0.1, -0.05) is 6.42 Å². The molecule has 0 radical (unpaired) electrons. The monoisotopic (exact) mass is 172 g/mol. The van der Waals surface area contributed by atoms with E-state index in [9.17, 15) is 4.79 Å². The number of carbonyl (C=O) groups excluding carboxylic acids is 1. The number of nitrogens with one attached hydrogen (secondary N) is 1. The molecular formula is C9H18NO2+. The van der Waals surface area contributed by atoms with Gasteiger partial charge in [0.25, 0.3) is 0 Å². The second kappa shape index (κ2) is 4.45. The Balaban J connectivity index is 2.39. The molecule has 0 aromatic heterocycles. The minimum absolute atomic E-state index is 0.123.